The maximum absolute atomic E-state index is 12.2. The second-order valence-electron chi connectivity index (χ2n) is 8.98. The topological polar surface area (TPSA) is 60.5 Å². The summed E-state index contributed by atoms with van der Waals surface area (Å²) in [5, 5.41) is 0. The van der Waals surface area contributed by atoms with E-state index >= 15 is 0 Å². The van der Waals surface area contributed by atoms with Gasteiger partial charge >= 0.3 is 5.97 Å². The van der Waals surface area contributed by atoms with Crippen LogP contribution in [-0.2, 0) is 11.3 Å². The number of hydrogen-bond acceptors (Lipinski definition) is 7. The van der Waals surface area contributed by atoms with E-state index < -0.39 is 5.97 Å². The highest BCUT2D eigenvalue weighted by Crippen LogP contribution is 2.29. The molecule has 0 N–H and O–H groups in total. The van der Waals surface area contributed by atoms with Gasteiger partial charge in [0.05, 0.1) is 26.5 Å². The number of ether oxygens (including phenoxy) is 4. The predicted octanol–water partition coefficient (Wildman–Crippen LogP) is 5.04. The van der Waals surface area contributed by atoms with E-state index in [1.807, 2.05) is 42.5 Å². The summed E-state index contributed by atoms with van der Waals surface area (Å²) in [6.07, 6.45) is 1.91. The minimum absolute atomic E-state index is 0.405. The van der Waals surface area contributed by atoms with E-state index in [0.717, 1.165) is 62.6 Å². The summed E-state index contributed by atoms with van der Waals surface area (Å²) >= 11 is 0. The van der Waals surface area contributed by atoms with Crippen molar-refractivity contribution >= 4 is 11.7 Å². The molecule has 1 heterocycles. The van der Waals surface area contributed by atoms with Crippen LogP contribution in [0.5, 0.6) is 17.2 Å². The molecule has 0 bridgehead atoms. The SMILES string of the molecule is COC(=O)c1ccc(OCc2ccccc2)cc1OCCCCN1CCN(c2ccccc2OC)CC1. The number of para-hydroxylation sites is 2. The Morgan fingerprint density at radius 3 is 2.32 bits per heavy atom. The molecule has 1 aliphatic heterocycles. The van der Waals surface area contributed by atoms with Gasteiger partial charge in [-0.05, 0) is 49.2 Å². The van der Waals surface area contributed by atoms with Crippen LogP contribution >= 0.6 is 0 Å². The maximum atomic E-state index is 12.2. The summed E-state index contributed by atoms with van der Waals surface area (Å²) in [7, 11) is 3.10. The lowest BCUT2D eigenvalue weighted by molar-refractivity contribution is 0.0595. The second-order valence-corrected chi connectivity index (χ2v) is 8.98. The van der Waals surface area contributed by atoms with Gasteiger partial charge in [-0.2, -0.15) is 0 Å². The van der Waals surface area contributed by atoms with Crippen molar-refractivity contribution < 1.29 is 23.7 Å². The molecule has 4 rings (SSSR count). The number of rotatable bonds is 12. The van der Waals surface area contributed by atoms with Gasteiger partial charge in [-0.15, -0.1) is 0 Å². The third-order valence-electron chi connectivity index (χ3n) is 6.53. The van der Waals surface area contributed by atoms with Crippen LogP contribution < -0.4 is 19.1 Å². The van der Waals surface area contributed by atoms with Crippen molar-refractivity contribution in [2.45, 2.75) is 19.4 Å². The number of carbonyl (C=O) groups is 1. The van der Waals surface area contributed by atoms with Gasteiger partial charge in [0.15, 0.2) is 0 Å². The standard InChI is InChI=1S/C30H36N2O5/c1-34-28-13-7-6-12-27(28)32-19-17-31(18-20-32)16-8-9-21-36-29-22-25(14-15-26(29)30(33)35-2)37-23-24-10-4-3-5-11-24/h3-7,10-15,22H,8-9,16-21,23H2,1-2H3. The van der Waals surface area contributed by atoms with Crippen LogP contribution in [-0.4, -0.2) is 64.4 Å². The molecule has 0 aromatic heterocycles. The predicted molar refractivity (Wildman–Crippen MR) is 145 cm³/mol. The number of piperazine rings is 1. The average molecular weight is 505 g/mol. The largest absolute Gasteiger partial charge is 0.495 e. The Morgan fingerprint density at radius 1 is 0.811 bits per heavy atom. The lowest BCUT2D eigenvalue weighted by atomic mass is 10.2. The van der Waals surface area contributed by atoms with E-state index in [2.05, 4.69) is 21.9 Å². The van der Waals surface area contributed by atoms with E-state index in [1.165, 1.54) is 7.11 Å². The van der Waals surface area contributed by atoms with Crippen LogP contribution in [0.1, 0.15) is 28.8 Å². The quantitative estimate of drug-likeness (QED) is 0.253. The zero-order valence-electron chi connectivity index (χ0n) is 21.7. The Morgan fingerprint density at radius 2 is 1.57 bits per heavy atom. The Kier molecular flexibility index (Phi) is 9.66. The van der Waals surface area contributed by atoms with E-state index in [9.17, 15) is 4.79 Å². The number of unbranched alkanes of at least 4 members (excludes halogenated alkanes) is 1. The number of esters is 1. The van der Waals surface area contributed by atoms with E-state index in [1.54, 1.807) is 25.3 Å². The van der Waals surface area contributed by atoms with Crippen LogP contribution in [0.2, 0.25) is 0 Å². The van der Waals surface area contributed by atoms with Crippen molar-refractivity contribution in [2.24, 2.45) is 0 Å². The highest BCUT2D eigenvalue weighted by Gasteiger charge is 2.19. The molecule has 3 aromatic rings. The normalized spacial score (nSPS) is 13.7. The van der Waals surface area contributed by atoms with Crippen molar-refractivity contribution in [2.75, 3.05) is 58.5 Å². The summed E-state index contributed by atoms with van der Waals surface area (Å²) in [6, 6.07) is 23.4. The highest BCUT2D eigenvalue weighted by molar-refractivity contribution is 5.92. The van der Waals surface area contributed by atoms with Gasteiger partial charge < -0.3 is 23.8 Å². The summed E-state index contributed by atoms with van der Waals surface area (Å²) in [4.78, 5) is 17.1. The third-order valence-corrected chi connectivity index (χ3v) is 6.53. The number of hydrogen-bond donors (Lipinski definition) is 0. The van der Waals surface area contributed by atoms with Crippen LogP contribution in [0.3, 0.4) is 0 Å². The number of methoxy groups -OCH3 is 2. The van der Waals surface area contributed by atoms with E-state index in [4.69, 9.17) is 18.9 Å². The van der Waals surface area contributed by atoms with Gasteiger partial charge in [-0.1, -0.05) is 42.5 Å². The number of benzene rings is 3. The second kappa shape index (κ2) is 13.6. The van der Waals surface area contributed by atoms with Crippen molar-refractivity contribution in [3.8, 4) is 17.2 Å². The summed E-state index contributed by atoms with van der Waals surface area (Å²) in [5.41, 5.74) is 2.64. The van der Waals surface area contributed by atoms with Gasteiger partial charge in [-0.25, -0.2) is 4.79 Å². The zero-order valence-corrected chi connectivity index (χ0v) is 21.7. The number of nitrogens with zero attached hydrogens (tertiary/aromatic N) is 2. The minimum Gasteiger partial charge on any atom is -0.495 e. The first kappa shape index (κ1) is 26.4. The van der Waals surface area contributed by atoms with Crippen LogP contribution in [0.25, 0.3) is 0 Å². The molecule has 0 saturated carbocycles. The fraction of sp³-hybridized carbons (Fsp3) is 0.367. The number of anilines is 1. The van der Waals surface area contributed by atoms with Crippen LogP contribution in [0.4, 0.5) is 5.69 Å². The Bertz CT molecular complexity index is 1130. The van der Waals surface area contributed by atoms with Gasteiger partial charge in [0.1, 0.15) is 29.4 Å². The minimum atomic E-state index is -0.419. The monoisotopic (exact) mass is 504 g/mol. The molecule has 0 radical (unpaired) electrons. The molecule has 7 nitrogen and oxygen atoms in total. The highest BCUT2D eigenvalue weighted by atomic mass is 16.5. The first-order chi connectivity index (χ1) is 18.2. The van der Waals surface area contributed by atoms with Gasteiger partial charge in [0.25, 0.3) is 0 Å². The first-order valence-corrected chi connectivity index (χ1v) is 12.8. The Labute approximate surface area is 219 Å². The first-order valence-electron chi connectivity index (χ1n) is 12.8. The molecule has 1 aliphatic rings. The van der Waals surface area contributed by atoms with Crippen molar-refractivity contribution in [3.05, 3.63) is 83.9 Å². The molecule has 7 heteroatoms. The molecule has 196 valence electrons. The molecule has 0 spiro atoms. The van der Waals surface area contributed by atoms with Crippen molar-refractivity contribution in [3.63, 3.8) is 0 Å². The fourth-order valence-electron chi connectivity index (χ4n) is 4.45. The zero-order chi connectivity index (χ0) is 25.9. The summed E-state index contributed by atoms with van der Waals surface area (Å²) in [6.45, 7) is 5.99. The number of carbonyl (C=O) groups excluding carboxylic acids is 1. The Hall–Kier alpha value is -3.71. The molecule has 37 heavy (non-hydrogen) atoms. The van der Waals surface area contributed by atoms with Crippen LogP contribution in [0.15, 0.2) is 72.8 Å². The van der Waals surface area contributed by atoms with Crippen molar-refractivity contribution in [1.29, 1.82) is 0 Å². The third kappa shape index (κ3) is 7.40. The molecule has 0 unspecified atom stereocenters. The van der Waals surface area contributed by atoms with Crippen molar-refractivity contribution in [1.82, 2.24) is 4.90 Å². The molecule has 1 saturated heterocycles. The summed E-state index contributed by atoms with van der Waals surface area (Å²) < 4.78 is 22.4. The smallest absolute Gasteiger partial charge is 0.341 e. The molecule has 0 atom stereocenters. The molecular formula is C30H36N2O5. The fourth-order valence-corrected chi connectivity index (χ4v) is 4.45. The lowest BCUT2D eigenvalue weighted by Gasteiger charge is -2.36. The van der Waals surface area contributed by atoms with E-state index in [-0.39, 0.29) is 0 Å². The van der Waals surface area contributed by atoms with Gasteiger partial charge in [0, 0.05) is 32.2 Å². The van der Waals surface area contributed by atoms with E-state index in [0.29, 0.717) is 30.3 Å². The molecule has 3 aromatic carbocycles. The molecule has 0 aliphatic carbocycles. The average Bonchev–Trinajstić information content (AvgIpc) is 2.96. The van der Waals surface area contributed by atoms with Crippen LogP contribution in [0, 0.1) is 0 Å². The molecule has 0 amide bonds. The summed E-state index contributed by atoms with van der Waals surface area (Å²) in [5.74, 6) is 1.65. The molecular weight excluding hydrogens is 468 g/mol. The molecule has 1 fully saturated rings. The lowest BCUT2D eigenvalue weighted by Crippen LogP contribution is -2.46. The van der Waals surface area contributed by atoms with Gasteiger partial charge in [0.2, 0.25) is 0 Å². The van der Waals surface area contributed by atoms with Gasteiger partial charge in [-0.3, -0.25) is 4.90 Å². The Balaban J connectivity index is 1.23. The maximum Gasteiger partial charge on any atom is 0.341 e.